The van der Waals surface area contributed by atoms with Crippen LogP contribution in [0, 0.1) is 0 Å². The van der Waals surface area contributed by atoms with Crippen LogP contribution in [0.2, 0.25) is 0 Å². The molecule has 110 valence electrons. The van der Waals surface area contributed by atoms with Crippen LogP contribution in [-0.2, 0) is 0 Å². The first-order valence-electron chi connectivity index (χ1n) is 7.19. The van der Waals surface area contributed by atoms with Gasteiger partial charge in [-0.3, -0.25) is 9.69 Å². The average Bonchev–Trinajstić information content (AvgIpc) is 2.48. The maximum Gasteiger partial charge on any atom is 0.254 e. The van der Waals surface area contributed by atoms with Crippen molar-refractivity contribution in [3.05, 3.63) is 23.8 Å². The van der Waals surface area contributed by atoms with Crippen LogP contribution in [-0.4, -0.2) is 60.0 Å². The third-order valence-electron chi connectivity index (χ3n) is 3.46. The molecule has 0 bridgehead atoms. The van der Waals surface area contributed by atoms with Crippen molar-refractivity contribution in [3.63, 3.8) is 0 Å². The quantitative estimate of drug-likeness (QED) is 0.806. The molecule has 0 aliphatic carbocycles. The van der Waals surface area contributed by atoms with Gasteiger partial charge in [0.15, 0.2) is 0 Å². The fourth-order valence-corrected chi connectivity index (χ4v) is 2.33. The zero-order valence-corrected chi connectivity index (χ0v) is 12.2. The first-order chi connectivity index (χ1) is 9.68. The number of hydrogen-bond donors (Lipinski definition) is 2. The lowest BCUT2D eigenvalue weighted by Crippen LogP contribution is -2.46. The predicted molar refractivity (Wildman–Crippen MR) is 77.8 cm³/mol. The molecule has 0 unspecified atom stereocenters. The SMILES string of the molecule is CC(C)c1ncncc1C(=O)NCCN1CCNCC1. The third-order valence-corrected chi connectivity index (χ3v) is 3.46. The Morgan fingerprint density at radius 1 is 1.45 bits per heavy atom. The molecular weight excluding hydrogens is 254 g/mol. The minimum absolute atomic E-state index is 0.0792. The van der Waals surface area contributed by atoms with E-state index in [1.807, 2.05) is 13.8 Å². The second-order valence-corrected chi connectivity index (χ2v) is 5.32. The van der Waals surface area contributed by atoms with Gasteiger partial charge < -0.3 is 10.6 Å². The lowest BCUT2D eigenvalue weighted by atomic mass is 10.0. The summed E-state index contributed by atoms with van der Waals surface area (Å²) in [4.78, 5) is 22.7. The average molecular weight is 277 g/mol. The van der Waals surface area contributed by atoms with E-state index in [1.54, 1.807) is 6.20 Å². The van der Waals surface area contributed by atoms with Gasteiger partial charge in [0, 0.05) is 45.5 Å². The Bertz CT molecular complexity index is 443. The molecule has 1 aromatic heterocycles. The highest BCUT2D eigenvalue weighted by Crippen LogP contribution is 2.15. The Morgan fingerprint density at radius 3 is 2.90 bits per heavy atom. The van der Waals surface area contributed by atoms with Crippen LogP contribution < -0.4 is 10.6 Å². The van der Waals surface area contributed by atoms with Crippen molar-refractivity contribution in [2.24, 2.45) is 0 Å². The third kappa shape index (κ3) is 3.98. The highest BCUT2D eigenvalue weighted by Gasteiger charge is 2.15. The number of hydrogen-bond acceptors (Lipinski definition) is 5. The largest absolute Gasteiger partial charge is 0.351 e. The van der Waals surface area contributed by atoms with E-state index in [0.29, 0.717) is 12.1 Å². The number of amides is 1. The minimum Gasteiger partial charge on any atom is -0.351 e. The molecule has 0 spiro atoms. The van der Waals surface area contributed by atoms with Crippen LogP contribution in [0.4, 0.5) is 0 Å². The van der Waals surface area contributed by atoms with Crippen molar-refractivity contribution >= 4 is 5.91 Å². The molecule has 6 nitrogen and oxygen atoms in total. The molecule has 2 heterocycles. The Hall–Kier alpha value is -1.53. The summed E-state index contributed by atoms with van der Waals surface area (Å²) >= 11 is 0. The number of nitrogens with one attached hydrogen (secondary N) is 2. The molecule has 1 aliphatic heterocycles. The van der Waals surface area contributed by atoms with Gasteiger partial charge in [-0.25, -0.2) is 9.97 Å². The maximum atomic E-state index is 12.2. The van der Waals surface area contributed by atoms with Crippen LogP contribution in [0.15, 0.2) is 12.5 Å². The molecule has 2 rings (SSSR count). The topological polar surface area (TPSA) is 70.2 Å². The highest BCUT2D eigenvalue weighted by molar-refractivity contribution is 5.95. The molecule has 1 saturated heterocycles. The van der Waals surface area contributed by atoms with Crippen molar-refractivity contribution in [1.82, 2.24) is 25.5 Å². The smallest absolute Gasteiger partial charge is 0.254 e. The second-order valence-electron chi connectivity index (χ2n) is 5.32. The van der Waals surface area contributed by atoms with E-state index >= 15 is 0 Å². The van der Waals surface area contributed by atoms with Gasteiger partial charge in [0.2, 0.25) is 0 Å². The van der Waals surface area contributed by atoms with Crippen LogP contribution >= 0.6 is 0 Å². The number of carbonyl (C=O) groups excluding carboxylic acids is 1. The number of piperazine rings is 1. The van der Waals surface area contributed by atoms with E-state index in [-0.39, 0.29) is 11.8 Å². The summed E-state index contributed by atoms with van der Waals surface area (Å²) in [5.41, 5.74) is 1.39. The molecule has 2 N–H and O–H groups in total. The zero-order valence-electron chi connectivity index (χ0n) is 12.2. The standard InChI is InChI=1S/C14H23N5O/c1-11(2)13-12(9-16-10-18-13)14(20)17-5-8-19-6-3-15-4-7-19/h9-11,15H,3-8H2,1-2H3,(H,17,20). The van der Waals surface area contributed by atoms with E-state index in [9.17, 15) is 4.79 Å². The monoisotopic (exact) mass is 277 g/mol. The molecule has 1 aromatic rings. The minimum atomic E-state index is -0.0792. The molecule has 1 fully saturated rings. The fraction of sp³-hybridized carbons (Fsp3) is 0.643. The second kappa shape index (κ2) is 7.31. The molecule has 1 amide bonds. The van der Waals surface area contributed by atoms with Gasteiger partial charge in [0.05, 0.1) is 11.3 Å². The Balaban J connectivity index is 1.85. The van der Waals surface area contributed by atoms with E-state index in [1.165, 1.54) is 6.33 Å². The zero-order chi connectivity index (χ0) is 14.4. The van der Waals surface area contributed by atoms with E-state index in [2.05, 4.69) is 25.5 Å². The predicted octanol–water partition coefficient (Wildman–Crippen LogP) is 0.235. The van der Waals surface area contributed by atoms with Crippen LogP contribution in [0.1, 0.15) is 35.8 Å². The summed E-state index contributed by atoms with van der Waals surface area (Å²) in [5.74, 6) is 0.136. The number of rotatable bonds is 5. The van der Waals surface area contributed by atoms with Crippen LogP contribution in [0.3, 0.4) is 0 Å². The van der Waals surface area contributed by atoms with Crippen molar-refractivity contribution < 1.29 is 4.79 Å². The lowest BCUT2D eigenvalue weighted by molar-refractivity contribution is 0.0945. The Kier molecular flexibility index (Phi) is 5.43. The first kappa shape index (κ1) is 14.9. The van der Waals surface area contributed by atoms with Gasteiger partial charge in [-0.2, -0.15) is 0 Å². The van der Waals surface area contributed by atoms with Gasteiger partial charge >= 0.3 is 0 Å². The van der Waals surface area contributed by atoms with Gasteiger partial charge in [-0.15, -0.1) is 0 Å². The van der Waals surface area contributed by atoms with Gasteiger partial charge in [-0.1, -0.05) is 13.8 Å². The molecule has 1 aliphatic rings. The molecular formula is C14H23N5O. The fourth-order valence-electron chi connectivity index (χ4n) is 2.33. The van der Waals surface area contributed by atoms with Crippen molar-refractivity contribution in [2.45, 2.75) is 19.8 Å². The molecule has 0 saturated carbocycles. The first-order valence-corrected chi connectivity index (χ1v) is 7.19. The van der Waals surface area contributed by atoms with E-state index in [0.717, 1.165) is 38.4 Å². The summed E-state index contributed by atoms with van der Waals surface area (Å²) in [7, 11) is 0. The Morgan fingerprint density at radius 2 is 2.20 bits per heavy atom. The Labute approximate surface area is 120 Å². The lowest BCUT2D eigenvalue weighted by Gasteiger charge is -2.27. The van der Waals surface area contributed by atoms with Crippen molar-refractivity contribution in [2.75, 3.05) is 39.3 Å². The van der Waals surface area contributed by atoms with Gasteiger partial charge in [0.25, 0.3) is 5.91 Å². The van der Waals surface area contributed by atoms with Gasteiger partial charge in [-0.05, 0) is 5.92 Å². The number of carbonyl (C=O) groups is 1. The van der Waals surface area contributed by atoms with E-state index < -0.39 is 0 Å². The van der Waals surface area contributed by atoms with Gasteiger partial charge in [0.1, 0.15) is 6.33 Å². The van der Waals surface area contributed by atoms with Crippen LogP contribution in [0.25, 0.3) is 0 Å². The molecule has 20 heavy (non-hydrogen) atoms. The number of nitrogens with zero attached hydrogens (tertiary/aromatic N) is 3. The van der Waals surface area contributed by atoms with Crippen molar-refractivity contribution in [3.8, 4) is 0 Å². The summed E-state index contributed by atoms with van der Waals surface area (Å²) in [5, 5.41) is 6.27. The maximum absolute atomic E-state index is 12.2. The molecule has 0 atom stereocenters. The summed E-state index contributed by atoms with van der Waals surface area (Å²) < 4.78 is 0. The summed E-state index contributed by atoms with van der Waals surface area (Å²) in [6.45, 7) is 9.74. The molecule has 0 aromatic carbocycles. The summed E-state index contributed by atoms with van der Waals surface area (Å²) in [6, 6.07) is 0. The molecule has 6 heteroatoms. The van der Waals surface area contributed by atoms with E-state index in [4.69, 9.17) is 0 Å². The molecule has 0 radical (unpaired) electrons. The summed E-state index contributed by atoms with van der Waals surface area (Å²) in [6.07, 6.45) is 3.09. The highest BCUT2D eigenvalue weighted by atomic mass is 16.1. The number of aromatic nitrogens is 2. The van der Waals surface area contributed by atoms with Crippen molar-refractivity contribution in [1.29, 1.82) is 0 Å². The normalized spacial score (nSPS) is 16.4. The van der Waals surface area contributed by atoms with Crippen LogP contribution in [0.5, 0.6) is 0 Å².